The second-order valence-electron chi connectivity index (χ2n) is 3.69. The van der Waals surface area contributed by atoms with Crippen molar-refractivity contribution in [3.05, 3.63) is 41.7 Å². The summed E-state index contributed by atoms with van der Waals surface area (Å²) in [5.41, 5.74) is 3.91. The van der Waals surface area contributed by atoms with Crippen molar-refractivity contribution in [2.75, 3.05) is 0 Å². The fourth-order valence-electron chi connectivity index (χ4n) is 1.52. The van der Waals surface area contributed by atoms with Gasteiger partial charge >= 0.3 is 6.18 Å². The van der Waals surface area contributed by atoms with Gasteiger partial charge in [0.2, 0.25) is 0 Å². The number of imidazole rings is 1. The Kier molecular flexibility index (Phi) is 3.89. The second-order valence-corrected chi connectivity index (χ2v) is 4.75. The van der Waals surface area contributed by atoms with Crippen LogP contribution in [-0.4, -0.2) is 21.0 Å². The number of rotatable bonds is 3. The zero-order valence-electron chi connectivity index (χ0n) is 9.85. The molecule has 0 fully saturated rings. The number of amidine groups is 1. The van der Waals surface area contributed by atoms with Gasteiger partial charge in [-0.3, -0.25) is 0 Å². The van der Waals surface area contributed by atoms with Crippen LogP contribution < -0.4 is 5.73 Å². The zero-order chi connectivity index (χ0) is 14.8. The van der Waals surface area contributed by atoms with E-state index in [9.17, 15) is 13.2 Å². The van der Waals surface area contributed by atoms with Gasteiger partial charge in [0.25, 0.3) is 0 Å². The number of aromatic nitrogens is 2. The van der Waals surface area contributed by atoms with E-state index in [-0.39, 0.29) is 5.56 Å². The fourth-order valence-corrected chi connectivity index (χ4v) is 2.29. The van der Waals surface area contributed by atoms with Gasteiger partial charge < -0.3 is 15.9 Å². The molecule has 0 spiro atoms. The first-order valence-electron chi connectivity index (χ1n) is 5.28. The van der Waals surface area contributed by atoms with Gasteiger partial charge in [0.05, 0.1) is 5.56 Å². The molecule has 0 unspecified atom stereocenters. The van der Waals surface area contributed by atoms with E-state index >= 15 is 0 Å². The average molecular weight is 302 g/mol. The molecule has 4 N–H and O–H groups in total. The first-order valence-corrected chi connectivity index (χ1v) is 6.10. The Morgan fingerprint density at radius 2 is 2.15 bits per heavy atom. The van der Waals surface area contributed by atoms with E-state index in [0.29, 0.717) is 10.1 Å². The number of hydrogen-bond acceptors (Lipinski definition) is 4. The van der Waals surface area contributed by atoms with Crippen molar-refractivity contribution in [1.82, 2.24) is 9.97 Å². The van der Waals surface area contributed by atoms with Crippen LogP contribution in [0, 0.1) is 0 Å². The van der Waals surface area contributed by atoms with Gasteiger partial charge in [-0.1, -0.05) is 16.9 Å². The van der Waals surface area contributed by atoms with Gasteiger partial charge in [-0.15, -0.1) is 0 Å². The maximum absolute atomic E-state index is 13.0. The molecule has 1 heterocycles. The highest BCUT2D eigenvalue weighted by Crippen LogP contribution is 2.35. The Morgan fingerprint density at radius 1 is 1.40 bits per heavy atom. The van der Waals surface area contributed by atoms with Crippen LogP contribution in [0.3, 0.4) is 0 Å². The lowest BCUT2D eigenvalue weighted by Crippen LogP contribution is -2.20. The van der Waals surface area contributed by atoms with Gasteiger partial charge in [0, 0.05) is 22.9 Å². The Bertz CT molecular complexity index is 625. The molecular formula is C11H9F3N4OS. The molecule has 5 nitrogen and oxygen atoms in total. The number of benzene rings is 1. The highest BCUT2D eigenvalue weighted by Gasteiger charge is 2.34. The number of nitrogens with one attached hydrogen (secondary N) is 1. The Balaban J connectivity index is 2.43. The predicted molar refractivity (Wildman–Crippen MR) is 66.7 cm³/mol. The molecule has 0 saturated heterocycles. The first-order chi connectivity index (χ1) is 9.41. The molecule has 0 saturated carbocycles. The number of nitrogens with two attached hydrogens (primary N) is 1. The molecule has 0 radical (unpaired) electrons. The molecule has 2 rings (SSSR count). The summed E-state index contributed by atoms with van der Waals surface area (Å²) in [4.78, 5) is 7.02. The Hall–Kier alpha value is -2.16. The molecule has 9 heteroatoms. The number of H-pyrrole nitrogens is 1. The van der Waals surface area contributed by atoms with Crippen LogP contribution in [-0.2, 0) is 6.18 Å². The largest absolute Gasteiger partial charge is 0.417 e. The minimum Gasteiger partial charge on any atom is -0.409 e. The van der Waals surface area contributed by atoms with E-state index in [2.05, 4.69) is 15.1 Å². The minimum absolute atomic E-state index is 0.335. The van der Waals surface area contributed by atoms with Gasteiger partial charge in [-0.25, -0.2) is 4.98 Å². The summed E-state index contributed by atoms with van der Waals surface area (Å²) in [7, 11) is 0. The third kappa shape index (κ3) is 3.05. The summed E-state index contributed by atoms with van der Waals surface area (Å²) in [6.45, 7) is 0. The summed E-state index contributed by atoms with van der Waals surface area (Å²) in [6.07, 6.45) is -1.54. The monoisotopic (exact) mass is 302 g/mol. The summed E-state index contributed by atoms with van der Waals surface area (Å²) in [5, 5.41) is 11.6. The van der Waals surface area contributed by atoms with Crippen molar-refractivity contribution in [2.24, 2.45) is 10.9 Å². The predicted octanol–water partition coefficient (Wildman–Crippen LogP) is 2.67. The lowest BCUT2D eigenvalue weighted by molar-refractivity contribution is -0.137. The molecule has 20 heavy (non-hydrogen) atoms. The highest BCUT2D eigenvalue weighted by molar-refractivity contribution is 7.99. The number of halogens is 3. The summed E-state index contributed by atoms with van der Waals surface area (Å²) >= 11 is 1.04. The average Bonchev–Trinajstić information content (AvgIpc) is 2.89. The quantitative estimate of drug-likeness (QED) is 0.352. The van der Waals surface area contributed by atoms with Crippen LogP contribution in [0.15, 0.2) is 45.8 Å². The van der Waals surface area contributed by atoms with Crippen LogP contribution >= 0.6 is 11.8 Å². The first kappa shape index (κ1) is 14.3. The molecule has 2 aromatic rings. The van der Waals surface area contributed by atoms with E-state index < -0.39 is 17.6 Å². The molecular weight excluding hydrogens is 293 g/mol. The van der Waals surface area contributed by atoms with Gasteiger partial charge in [-0.2, -0.15) is 13.2 Å². The van der Waals surface area contributed by atoms with E-state index in [1.165, 1.54) is 12.3 Å². The standard InChI is InChI=1S/C11H9F3N4OS/c12-11(13,14)8-5-6(20-10-16-3-4-17-10)1-2-7(8)9(15)18-19/h1-5,19H,(H2,15,18)(H,16,17). The number of hydrogen-bond donors (Lipinski definition) is 3. The maximum atomic E-state index is 13.0. The van der Waals surface area contributed by atoms with Crippen molar-refractivity contribution in [1.29, 1.82) is 0 Å². The smallest absolute Gasteiger partial charge is 0.409 e. The summed E-state index contributed by atoms with van der Waals surface area (Å²) in [5.74, 6) is -0.591. The number of nitrogens with zero attached hydrogens (tertiary/aromatic N) is 2. The molecule has 0 atom stereocenters. The van der Waals surface area contributed by atoms with Crippen LogP contribution in [0.2, 0.25) is 0 Å². The summed E-state index contributed by atoms with van der Waals surface area (Å²) < 4.78 is 38.9. The summed E-state index contributed by atoms with van der Waals surface area (Å²) in [6, 6.07) is 3.53. The van der Waals surface area contributed by atoms with E-state index in [0.717, 1.165) is 23.9 Å². The number of alkyl halides is 3. The zero-order valence-corrected chi connectivity index (χ0v) is 10.7. The number of oxime groups is 1. The van der Waals surface area contributed by atoms with Crippen molar-refractivity contribution in [3.8, 4) is 0 Å². The van der Waals surface area contributed by atoms with Crippen molar-refractivity contribution in [3.63, 3.8) is 0 Å². The lowest BCUT2D eigenvalue weighted by atomic mass is 10.1. The Labute approximate surface area is 115 Å². The van der Waals surface area contributed by atoms with E-state index in [1.807, 2.05) is 0 Å². The van der Waals surface area contributed by atoms with Crippen LogP contribution in [0.25, 0.3) is 0 Å². The third-order valence-corrected chi connectivity index (χ3v) is 3.27. The molecule has 0 aliphatic heterocycles. The lowest BCUT2D eigenvalue weighted by Gasteiger charge is -2.13. The normalized spacial score (nSPS) is 12.7. The minimum atomic E-state index is -4.61. The number of aromatic amines is 1. The van der Waals surface area contributed by atoms with Crippen LogP contribution in [0.4, 0.5) is 13.2 Å². The van der Waals surface area contributed by atoms with Crippen molar-refractivity contribution in [2.45, 2.75) is 16.2 Å². The molecule has 0 aliphatic rings. The van der Waals surface area contributed by atoms with Crippen LogP contribution in [0.1, 0.15) is 11.1 Å². The molecule has 0 bridgehead atoms. The Morgan fingerprint density at radius 3 is 2.70 bits per heavy atom. The van der Waals surface area contributed by atoms with Crippen molar-refractivity contribution >= 4 is 17.6 Å². The third-order valence-electron chi connectivity index (χ3n) is 2.37. The maximum Gasteiger partial charge on any atom is 0.417 e. The SMILES string of the molecule is N/C(=N/O)c1ccc(Sc2ncc[nH]2)cc1C(F)(F)F. The van der Waals surface area contributed by atoms with Gasteiger partial charge in [0.1, 0.15) is 0 Å². The molecule has 106 valence electrons. The van der Waals surface area contributed by atoms with E-state index in [4.69, 9.17) is 10.9 Å². The molecule has 0 amide bonds. The van der Waals surface area contributed by atoms with Gasteiger partial charge in [0.15, 0.2) is 11.0 Å². The molecule has 0 aliphatic carbocycles. The topological polar surface area (TPSA) is 87.3 Å². The van der Waals surface area contributed by atoms with E-state index in [1.54, 1.807) is 6.20 Å². The fraction of sp³-hybridized carbons (Fsp3) is 0.0909. The van der Waals surface area contributed by atoms with Crippen molar-refractivity contribution < 1.29 is 18.4 Å². The van der Waals surface area contributed by atoms with Gasteiger partial charge in [-0.05, 0) is 18.2 Å². The second kappa shape index (κ2) is 5.45. The highest BCUT2D eigenvalue weighted by atomic mass is 32.2. The molecule has 1 aromatic carbocycles. The van der Waals surface area contributed by atoms with Crippen LogP contribution in [0.5, 0.6) is 0 Å². The molecule has 1 aromatic heterocycles.